The molecule has 2 atom stereocenters. The zero-order valence-electron chi connectivity index (χ0n) is 28.3. The maximum absolute atomic E-state index is 13.8. The van der Waals surface area contributed by atoms with Gasteiger partial charge < -0.3 is 25.3 Å². The van der Waals surface area contributed by atoms with Gasteiger partial charge in [0.05, 0.1) is 18.7 Å². The molecule has 272 valence electrons. The second-order valence-electron chi connectivity index (χ2n) is 12.0. The molecule has 1 aromatic heterocycles. The molecule has 0 aliphatic carbocycles. The van der Waals surface area contributed by atoms with E-state index < -0.39 is 40.6 Å². The summed E-state index contributed by atoms with van der Waals surface area (Å²) in [4.78, 5) is 63.3. The van der Waals surface area contributed by atoms with Crippen molar-refractivity contribution >= 4 is 69.8 Å². The quantitative estimate of drug-likeness (QED) is 0.0532. The topological polar surface area (TPSA) is 189 Å². The lowest BCUT2D eigenvalue weighted by Gasteiger charge is -2.49. The summed E-state index contributed by atoms with van der Waals surface area (Å²) < 4.78 is 3.96. The molecule has 1 saturated heterocycles. The molecule has 0 saturated carbocycles. The van der Waals surface area contributed by atoms with Crippen molar-refractivity contribution in [3.63, 3.8) is 0 Å². The SMILES string of the molecule is CON=C(C(=O)N[C@@H]1C(=O)N2C(C(=O)O)=C(CN3SNC=C(C#N)C3=O)CS[C@H]12)c1csc(NC(c2ccccc2)(c2ccccc2)c2ccccc2)n1. The van der Waals surface area contributed by atoms with Gasteiger partial charge in [0, 0.05) is 17.3 Å². The van der Waals surface area contributed by atoms with Gasteiger partial charge in [-0.3, -0.25) is 23.6 Å². The molecular weight excluding hydrogens is 749 g/mol. The number of fused-ring (bicyclic) bond motifs is 1. The largest absolute Gasteiger partial charge is 0.477 e. The summed E-state index contributed by atoms with van der Waals surface area (Å²) >= 11 is 3.42. The van der Waals surface area contributed by atoms with Gasteiger partial charge >= 0.3 is 5.97 Å². The van der Waals surface area contributed by atoms with E-state index in [0.717, 1.165) is 33.7 Å². The number of thioether (sulfide) groups is 1. The Hall–Kier alpha value is -6.09. The fraction of sp³-hybridized carbons (Fsp3) is 0.162. The molecule has 4 N–H and O–H groups in total. The van der Waals surface area contributed by atoms with E-state index in [1.54, 1.807) is 11.4 Å². The average Bonchev–Trinajstić information content (AvgIpc) is 3.67. The van der Waals surface area contributed by atoms with Crippen LogP contribution in [0, 0.1) is 11.3 Å². The van der Waals surface area contributed by atoms with E-state index in [4.69, 9.17) is 9.82 Å². The highest BCUT2D eigenvalue weighted by Gasteiger charge is 2.54. The molecule has 7 rings (SSSR count). The van der Waals surface area contributed by atoms with E-state index in [1.807, 2.05) is 91.0 Å². The van der Waals surface area contributed by atoms with Gasteiger partial charge in [-0.2, -0.15) is 5.26 Å². The van der Waals surface area contributed by atoms with Crippen molar-refractivity contribution in [2.45, 2.75) is 17.0 Å². The molecule has 17 heteroatoms. The molecule has 3 aromatic carbocycles. The highest BCUT2D eigenvalue weighted by Crippen LogP contribution is 2.42. The van der Waals surface area contributed by atoms with Crippen LogP contribution in [-0.4, -0.2) is 79.5 Å². The Balaban J connectivity index is 1.13. The van der Waals surface area contributed by atoms with E-state index >= 15 is 0 Å². The monoisotopic (exact) mass is 778 g/mol. The molecule has 54 heavy (non-hydrogen) atoms. The minimum Gasteiger partial charge on any atom is -0.477 e. The number of nitrogens with one attached hydrogen (secondary N) is 3. The fourth-order valence-electron chi connectivity index (χ4n) is 6.44. The number of carbonyl (C=O) groups is 4. The second-order valence-corrected chi connectivity index (χ2v) is 14.8. The molecule has 3 amide bonds. The van der Waals surface area contributed by atoms with Crippen LogP contribution in [0.2, 0.25) is 0 Å². The number of aliphatic carboxylic acids is 1. The Kier molecular flexibility index (Phi) is 10.4. The van der Waals surface area contributed by atoms with Gasteiger partial charge in [0.2, 0.25) is 0 Å². The lowest BCUT2D eigenvalue weighted by Crippen LogP contribution is -2.71. The zero-order chi connectivity index (χ0) is 37.8. The minimum atomic E-state index is -1.35. The molecule has 1 fully saturated rings. The predicted octanol–water partition coefficient (Wildman–Crippen LogP) is 4.04. The first kappa shape index (κ1) is 36.3. The number of oxime groups is 1. The number of hydrogen-bond donors (Lipinski definition) is 4. The van der Waals surface area contributed by atoms with Crippen LogP contribution in [0.4, 0.5) is 5.13 Å². The standard InChI is InChI=1S/C37H30N8O6S3/c1-51-43-28(31(46)41-29-33(48)45-30(35(49)50)23(20-52-34(29)45)19-44-32(47)22(17-38)18-39-54-44)27-21-53-36(40-27)42-37(24-11-5-2-6-12-24,25-13-7-3-8-14-25)26-15-9-4-10-16-26/h2-16,18,21,29,34,39H,19-20H2,1H3,(H,40,42)(H,41,46)(H,49,50)/t29-,34-/m1/s1. The highest BCUT2D eigenvalue weighted by molar-refractivity contribution is 8.00. The number of amides is 3. The average molecular weight is 779 g/mol. The highest BCUT2D eigenvalue weighted by atomic mass is 32.2. The summed E-state index contributed by atoms with van der Waals surface area (Å²) in [5, 5.41) is 31.1. The predicted molar refractivity (Wildman–Crippen MR) is 204 cm³/mol. The lowest BCUT2D eigenvalue weighted by atomic mass is 9.77. The van der Waals surface area contributed by atoms with Gasteiger partial charge in [0.1, 0.15) is 47.1 Å². The summed E-state index contributed by atoms with van der Waals surface area (Å²) in [6.07, 6.45) is 1.27. The van der Waals surface area contributed by atoms with E-state index in [-0.39, 0.29) is 35.0 Å². The van der Waals surface area contributed by atoms with Crippen molar-refractivity contribution in [2.24, 2.45) is 5.16 Å². The van der Waals surface area contributed by atoms with E-state index in [2.05, 4.69) is 20.5 Å². The third-order valence-corrected chi connectivity index (χ3v) is 11.7. The number of nitriles is 1. The molecule has 0 radical (unpaired) electrons. The number of aromatic nitrogens is 1. The second kappa shape index (κ2) is 15.5. The number of carbonyl (C=O) groups excluding carboxylic acids is 3. The lowest BCUT2D eigenvalue weighted by molar-refractivity contribution is -0.150. The molecule has 3 aliphatic heterocycles. The molecule has 3 aliphatic rings. The van der Waals surface area contributed by atoms with Crippen molar-refractivity contribution in [3.8, 4) is 6.07 Å². The van der Waals surface area contributed by atoms with Crippen LogP contribution >= 0.6 is 35.2 Å². The molecule has 0 bridgehead atoms. The minimum absolute atomic E-state index is 0.130. The first-order chi connectivity index (χ1) is 26.3. The number of thiazole rings is 1. The molecule has 4 aromatic rings. The zero-order valence-corrected chi connectivity index (χ0v) is 30.8. The molecular formula is C37H30N8O6S3. The van der Waals surface area contributed by atoms with Crippen LogP contribution in [0.3, 0.4) is 0 Å². The summed E-state index contributed by atoms with van der Waals surface area (Å²) in [7, 11) is 1.29. The van der Waals surface area contributed by atoms with Gasteiger partial charge in [-0.1, -0.05) is 96.2 Å². The smallest absolute Gasteiger partial charge is 0.352 e. The van der Waals surface area contributed by atoms with E-state index in [1.165, 1.54) is 40.7 Å². The summed E-state index contributed by atoms with van der Waals surface area (Å²) in [6, 6.07) is 30.6. The van der Waals surface area contributed by atoms with Crippen molar-refractivity contribution < 1.29 is 29.1 Å². The summed E-state index contributed by atoms with van der Waals surface area (Å²) in [5.74, 6) is -3.16. The van der Waals surface area contributed by atoms with Crippen molar-refractivity contribution in [2.75, 3.05) is 24.7 Å². The van der Waals surface area contributed by atoms with Gasteiger partial charge in [0.15, 0.2) is 10.8 Å². The van der Waals surface area contributed by atoms with Crippen molar-refractivity contribution in [1.29, 1.82) is 5.26 Å². The Morgan fingerprint density at radius 1 is 1.04 bits per heavy atom. The summed E-state index contributed by atoms with van der Waals surface area (Å²) in [6.45, 7) is -0.136. The maximum atomic E-state index is 13.8. The first-order valence-electron chi connectivity index (χ1n) is 16.3. The van der Waals surface area contributed by atoms with Gasteiger partial charge in [-0.15, -0.1) is 23.1 Å². The van der Waals surface area contributed by atoms with Crippen LogP contribution in [-0.2, 0) is 29.6 Å². The number of carboxylic acid groups (broad SMARTS) is 1. The van der Waals surface area contributed by atoms with Crippen LogP contribution in [0.5, 0.6) is 0 Å². The molecule has 0 unspecified atom stereocenters. The normalized spacial score (nSPS) is 18.4. The number of hydrogen-bond acceptors (Lipinski definition) is 13. The Labute approximate surface area is 321 Å². The van der Waals surface area contributed by atoms with Crippen molar-refractivity contribution in [1.82, 2.24) is 24.2 Å². The van der Waals surface area contributed by atoms with E-state index in [0.29, 0.717) is 10.7 Å². The third-order valence-electron chi connectivity index (χ3n) is 8.87. The van der Waals surface area contributed by atoms with Crippen LogP contribution in [0.1, 0.15) is 22.4 Å². The van der Waals surface area contributed by atoms with Gasteiger partial charge in [-0.05, 0) is 22.3 Å². The Morgan fingerprint density at radius 3 is 2.20 bits per heavy atom. The molecule has 14 nitrogen and oxygen atoms in total. The summed E-state index contributed by atoms with van der Waals surface area (Å²) in [5.41, 5.74) is 1.93. The number of anilines is 1. The maximum Gasteiger partial charge on any atom is 0.352 e. The van der Waals surface area contributed by atoms with Gasteiger partial charge in [-0.25, -0.2) is 9.78 Å². The van der Waals surface area contributed by atoms with Crippen LogP contribution in [0.25, 0.3) is 0 Å². The van der Waals surface area contributed by atoms with Gasteiger partial charge in [0.25, 0.3) is 17.7 Å². The Bertz CT molecular complexity index is 2140. The number of rotatable bonds is 12. The number of nitrogens with zero attached hydrogens (tertiary/aromatic N) is 5. The third kappa shape index (κ3) is 6.66. The van der Waals surface area contributed by atoms with Crippen LogP contribution in [0.15, 0.2) is 125 Å². The molecule has 0 spiro atoms. The number of carboxylic acids is 1. The first-order valence-corrected chi connectivity index (χ1v) is 19.0. The fourth-order valence-corrected chi connectivity index (χ4v) is 9.22. The molecule has 4 heterocycles. The van der Waals surface area contributed by atoms with E-state index in [9.17, 15) is 29.5 Å². The van der Waals surface area contributed by atoms with Crippen LogP contribution < -0.4 is 15.4 Å². The number of β-lactam (4-membered cyclic amide) rings is 1. The Morgan fingerprint density at radius 2 is 1.65 bits per heavy atom. The number of benzene rings is 3. The van der Waals surface area contributed by atoms with Crippen molar-refractivity contribution in [3.05, 3.63) is 142 Å².